The first-order chi connectivity index (χ1) is 16.3. The van der Waals surface area contributed by atoms with Crippen LogP contribution in [0.2, 0.25) is 5.02 Å². The van der Waals surface area contributed by atoms with Crippen molar-refractivity contribution in [2.75, 3.05) is 12.0 Å². The normalized spacial score (nSPS) is 17.1. The molecule has 1 atom stereocenters. The molecule has 3 aromatic rings. The lowest BCUT2D eigenvalue weighted by atomic mass is 9.95. The number of methoxy groups -OCH3 is 1. The van der Waals surface area contributed by atoms with Crippen LogP contribution in [0.1, 0.15) is 22.7 Å². The molecule has 1 amide bonds. The third-order valence-electron chi connectivity index (χ3n) is 5.56. The predicted molar refractivity (Wildman–Crippen MR) is 127 cm³/mol. The largest absolute Gasteiger partial charge is 0.508 e. The highest BCUT2D eigenvalue weighted by atomic mass is 35.5. The Morgan fingerprint density at radius 2 is 1.59 bits per heavy atom. The lowest BCUT2D eigenvalue weighted by molar-refractivity contribution is -0.139. The first-order valence-corrected chi connectivity index (χ1v) is 10.7. The summed E-state index contributed by atoms with van der Waals surface area (Å²) in [6, 6.07) is 17.9. The summed E-state index contributed by atoms with van der Waals surface area (Å²) < 4.78 is 4.68. The zero-order valence-electron chi connectivity index (χ0n) is 18.1. The number of carbonyl (C=O) groups excluding carboxylic acids is 3. The van der Waals surface area contributed by atoms with E-state index in [4.69, 9.17) is 11.6 Å². The molecule has 1 aliphatic heterocycles. The second-order valence-electron chi connectivity index (χ2n) is 7.69. The summed E-state index contributed by atoms with van der Waals surface area (Å²) in [5.41, 5.74) is 1.85. The van der Waals surface area contributed by atoms with Gasteiger partial charge in [0.15, 0.2) is 0 Å². The minimum atomic E-state index is -0.942. The Hall–Kier alpha value is -4.10. The van der Waals surface area contributed by atoms with Crippen molar-refractivity contribution in [2.24, 2.45) is 0 Å². The van der Waals surface area contributed by atoms with Crippen LogP contribution in [0.3, 0.4) is 0 Å². The van der Waals surface area contributed by atoms with E-state index >= 15 is 0 Å². The lowest BCUT2D eigenvalue weighted by Crippen LogP contribution is -2.29. The van der Waals surface area contributed by atoms with Gasteiger partial charge in [0, 0.05) is 16.3 Å². The van der Waals surface area contributed by atoms with Crippen molar-refractivity contribution >= 4 is 40.7 Å². The molecule has 0 radical (unpaired) electrons. The second kappa shape index (κ2) is 9.41. The van der Waals surface area contributed by atoms with E-state index in [1.165, 1.54) is 24.1 Å². The molecule has 1 saturated heterocycles. The number of hydrogen-bond donors (Lipinski definition) is 2. The number of aliphatic hydroxyl groups is 1. The molecule has 4 rings (SSSR count). The molecular weight excluding hydrogens is 458 g/mol. The average molecular weight is 478 g/mol. The van der Waals surface area contributed by atoms with E-state index in [1.54, 1.807) is 60.7 Å². The van der Waals surface area contributed by atoms with E-state index in [0.717, 1.165) is 0 Å². The summed E-state index contributed by atoms with van der Waals surface area (Å²) in [5.74, 6) is -2.37. The van der Waals surface area contributed by atoms with Crippen LogP contribution in [-0.2, 0) is 25.5 Å². The number of amides is 1. The van der Waals surface area contributed by atoms with Crippen molar-refractivity contribution in [3.63, 3.8) is 0 Å². The van der Waals surface area contributed by atoms with Gasteiger partial charge in [0.1, 0.15) is 11.5 Å². The monoisotopic (exact) mass is 477 g/mol. The molecule has 34 heavy (non-hydrogen) atoms. The Balaban J connectivity index is 1.84. The van der Waals surface area contributed by atoms with Crippen LogP contribution >= 0.6 is 11.6 Å². The Kier molecular flexibility index (Phi) is 6.38. The Bertz CT molecular complexity index is 1280. The van der Waals surface area contributed by atoms with E-state index in [9.17, 15) is 24.6 Å². The van der Waals surface area contributed by atoms with Gasteiger partial charge in [0.2, 0.25) is 0 Å². The molecule has 0 aliphatic carbocycles. The Morgan fingerprint density at radius 3 is 2.18 bits per heavy atom. The molecule has 8 heteroatoms. The van der Waals surface area contributed by atoms with Crippen LogP contribution < -0.4 is 4.90 Å². The standard InChI is InChI=1S/C26H20ClNO6/c1-34-21(30)14-15-2-10-19(11-3-15)28-23(16-6-12-20(29)13-7-16)22(25(32)26(28)33)24(31)17-4-8-18(27)9-5-17/h2-13,23,29,31H,14H2,1H3/b24-22+. The van der Waals surface area contributed by atoms with Crippen LogP contribution in [0.15, 0.2) is 78.4 Å². The van der Waals surface area contributed by atoms with Crippen LogP contribution in [0, 0.1) is 0 Å². The van der Waals surface area contributed by atoms with Gasteiger partial charge >= 0.3 is 5.97 Å². The number of anilines is 1. The number of aromatic hydroxyl groups is 1. The SMILES string of the molecule is COC(=O)Cc1ccc(N2C(=O)C(=O)/C(=C(/O)c3ccc(Cl)cc3)C2c2ccc(O)cc2)cc1. The molecule has 1 heterocycles. The molecule has 7 nitrogen and oxygen atoms in total. The number of phenolic OH excluding ortho intramolecular Hbond substituents is 1. The Morgan fingerprint density at radius 1 is 0.971 bits per heavy atom. The summed E-state index contributed by atoms with van der Waals surface area (Å²) in [6.45, 7) is 0. The molecule has 3 aromatic carbocycles. The molecule has 0 spiro atoms. The number of rotatable bonds is 5. The maximum Gasteiger partial charge on any atom is 0.309 e. The molecule has 1 unspecified atom stereocenters. The van der Waals surface area contributed by atoms with Gasteiger partial charge in [-0.2, -0.15) is 0 Å². The van der Waals surface area contributed by atoms with Gasteiger partial charge in [0.05, 0.1) is 25.1 Å². The fourth-order valence-electron chi connectivity index (χ4n) is 3.85. The van der Waals surface area contributed by atoms with E-state index in [2.05, 4.69) is 4.74 Å². The first-order valence-electron chi connectivity index (χ1n) is 10.3. The second-order valence-corrected chi connectivity index (χ2v) is 8.12. The van der Waals surface area contributed by atoms with Gasteiger partial charge in [0.25, 0.3) is 11.7 Å². The van der Waals surface area contributed by atoms with Gasteiger partial charge in [-0.05, 0) is 59.7 Å². The molecule has 172 valence electrons. The van der Waals surface area contributed by atoms with Crippen molar-refractivity contribution in [2.45, 2.75) is 12.5 Å². The van der Waals surface area contributed by atoms with Gasteiger partial charge in [-0.1, -0.05) is 35.9 Å². The minimum absolute atomic E-state index is 0.0190. The van der Waals surface area contributed by atoms with Crippen molar-refractivity contribution in [3.8, 4) is 5.75 Å². The highest BCUT2D eigenvalue weighted by Crippen LogP contribution is 2.42. The summed E-state index contributed by atoms with van der Waals surface area (Å²) in [6.07, 6.45) is 0.0631. The fourth-order valence-corrected chi connectivity index (χ4v) is 3.97. The number of halogens is 1. The lowest BCUT2D eigenvalue weighted by Gasteiger charge is -2.25. The first kappa shape index (κ1) is 23.1. The quantitative estimate of drug-likeness (QED) is 0.244. The molecule has 1 aliphatic rings. The van der Waals surface area contributed by atoms with Crippen molar-refractivity contribution in [1.82, 2.24) is 0 Å². The van der Waals surface area contributed by atoms with Gasteiger partial charge < -0.3 is 14.9 Å². The minimum Gasteiger partial charge on any atom is -0.508 e. The fraction of sp³-hybridized carbons (Fsp3) is 0.115. The van der Waals surface area contributed by atoms with Crippen molar-refractivity contribution in [3.05, 3.63) is 100 Å². The van der Waals surface area contributed by atoms with Crippen LogP contribution in [0.4, 0.5) is 5.69 Å². The Labute approximate surface area is 200 Å². The maximum absolute atomic E-state index is 13.2. The summed E-state index contributed by atoms with van der Waals surface area (Å²) in [5, 5.41) is 21.2. The molecular formula is C26H20ClNO6. The average Bonchev–Trinajstić information content (AvgIpc) is 3.10. The number of benzene rings is 3. The maximum atomic E-state index is 13.2. The summed E-state index contributed by atoms with van der Waals surface area (Å²) in [7, 11) is 1.30. The number of ketones is 1. The van der Waals surface area contributed by atoms with Crippen LogP contribution in [-0.4, -0.2) is 35.0 Å². The summed E-state index contributed by atoms with van der Waals surface area (Å²) >= 11 is 5.94. The number of esters is 1. The number of ether oxygens (including phenoxy) is 1. The molecule has 1 fully saturated rings. The van der Waals surface area contributed by atoms with Gasteiger partial charge in [-0.3, -0.25) is 19.3 Å². The number of Topliss-reactive ketones (excluding diaryl/α,β-unsaturated/α-hetero) is 1. The number of aliphatic hydroxyl groups excluding tert-OH is 1. The van der Waals surface area contributed by atoms with E-state index < -0.39 is 23.7 Å². The van der Waals surface area contributed by atoms with Crippen molar-refractivity contribution < 1.29 is 29.3 Å². The number of nitrogens with zero attached hydrogens (tertiary/aromatic N) is 1. The molecule has 2 N–H and O–H groups in total. The topological polar surface area (TPSA) is 104 Å². The number of phenols is 1. The number of carbonyl (C=O) groups is 3. The predicted octanol–water partition coefficient (Wildman–Crippen LogP) is 4.39. The van der Waals surface area contributed by atoms with E-state index in [0.29, 0.717) is 27.4 Å². The van der Waals surface area contributed by atoms with E-state index in [-0.39, 0.29) is 23.5 Å². The van der Waals surface area contributed by atoms with Gasteiger partial charge in [-0.15, -0.1) is 0 Å². The third kappa shape index (κ3) is 4.38. The highest BCUT2D eigenvalue weighted by Gasteiger charge is 2.46. The van der Waals surface area contributed by atoms with E-state index in [1.807, 2.05) is 0 Å². The smallest absolute Gasteiger partial charge is 0.309 e. The molecule has 0 bridgehead atoms. The zero-order chi connectivity index (χ0) is 24.4. The van der Waals surface area contributed by atoms with Gasteiger partial charge in [-0.25, -0.2) is 0 Å². The van der Waals surface area contributed by atoms with Crippen LogP contribution in [0.25, 0.3) is 5.76 Å². The summed E-state index contributed by atoms with van der Waals surface area (Å²) in [4.78, 5) is 39.1. The zero-order valence-corrected chi connectivity index (χ0v) is 18.8. The number of hydrogen-bond acceptors (Lipinski definition) is 6. The van der Waals surface area contributed by atoms with Crippen molar-refractivity contribution in [1.29, 1.82) is 0 Å². The molecule has 0 aromatic heterocycles. The highest BCUT2D eigenvalue weighted by molar-refractivity contribution is 6.51. The van der Waals surface area contributed by atoms with Crippen LogP contribution in [0.5, 0.6) is 5.75 Å². The third-order valence-corrected chi connectivity index (χ3v) is 5.81. The molecule has 0 saturated carbocycles.